The highest BCUT2D eigenvalue weighted by Gasteiger charge is 2.22. The van der Waals surface area contributed by atoms with Gasteiger partial charge in [0.15, 0.2) is 0 Å². The van der Waals surface area contributed by atoms with Crippen molar-refractivity contribution in [2.45, 2.75) is 64.1 Å². The monoisotopic (exact) mass is 410 g/mol. The van der Waals surface area contributed by atoms with E-state index < -0.39 is 0 Å². The fourth-order valence-electron chi connectivity index (χ4n) is 4.24. The van der Waals surface area contributed by atoms with Gasteiger partial charge in [0.25, 0.3) is 0 Å². The van der Waals surface area contributed by atoms with Gasteiger partial charge in [0.1, 0.15) is 0 Å². The second kappa shape index (κ2) is 6.51. The molecular weight excluding hydrogens is 383 g/mol. The number of hydrogen-bond donors (Lipinski definition) is 0. The minimum absolute atomic E-state index is 0.0779. The van der Waals surface area contributed by atoms with Crippen LogP contribution in [-0.4, -0.2) is 0 Å². The lowest BCUT2D eigenvalue weighted by Gasteiger charge is -2.25. The van der Waals surface area contributed by atoms with Gasteiger partial charge in [-0.05, 0) is 77.5 Å². The van der Waals surface area contributed by atoms with Crippen molar-refractivity contribution in [3.8, 4) is 0 Å². The summed E-state index contributed by atoms with van der Waals surface area (Å²) in [6.45, 7) is 13.6. The van der Waals surface area contributed by atoms with E-state index in [0.717, 1.165) is 0 Å². The SMILES string of the molecule is CC(C)(C)c1cc2cc(CCl)c3cc(C(C)(C)C)cc4cc(CCl)c(c1)c2c43. The van der Waals surface area contributed by atoms with Gasteiger partial charge in [0, 0.05) is 11.8 Å². The Morgan fingerprint density at radius 1 is 0.571 bits per heavy atom. The predicted octanol–water partition coefficient (Wildman–Crippen LogP) is 8.66. The van der Waals surface area contributed by atoms with Crippen molar-refractivity contribution in [1.82, 2.24) is 0 Å². The fraction of sp³-hybridized carbons (Fsp3) is 0.385. The summed E-state index contributed by atoms with van der Waals surface area (Å²) < 4.78 is 0. The van der Waals surface area contributed by atoms with Crippen molar-refractivity contribution in [2.24, 2.45) is 0 Å². The molecular formula is C26H28Cl2. The minimum atomic E-state index is 0.0779. The van der Waals surface area contributed by atoms with E-state index in [0.29, 0.717) is 11.8 Å². The number of halogens is 2. The Morgan fingerprint density at radius 2 is 0.929 bits per heavy atom. The summed E-state index contributed by atoms with van der Waals surface area (Å²) in [6, 6.07) is 13.9. The molecule has 0 aliphatic heterocycles. The summed E-state index contributed by atoms with van der Waals surface area (Å²) in [5.41, 5.74) is 5.23. The van der Waals surface area contributed by atoms with Gasteiger partial charge >= 0.3 is 0 Å². The molecule has 28 heavy (non-hydrogen) atoms. The summed E-state index contributed by atoms with van der Waals surface area (Å²) >= 11 is 12.9. The molecule has 0 bridgehead atoms. The van der Waals surface area contributed by atoms with Gasteiger partial charge < -0.3 is 0 Å². The first-order valence-electron chi connectivity index (χ1n) is 9.96. The zero-order valence-corrected chi connectivity index (χ0v) is 19.1. The quantitative estimate of drug-likeness (QED) is 0.229. The van der Waals surface area contributed by atoms with Crippen LogP contribution in [0.3, 0.4) is 0 Å². The molecule has 4 aromatic rings. The molecule has 4 rings (SSSR count). The molecule has 0 aliphatic rings. The third-order valence-electron chi connectivity index (χ3n) is 5.96. The molecule has 2 heteroatoms. The van der Waals surface area contributed by atoms with Gasteiger partial charge in [0.2, 0.25) is 0 Å². The van der Waals surface area contributed by atoms with Crippen molar-refractivity contribution in [1.29, 1.82) is 0 Å². The number of hydrogen-bond acceptors (Lipinski definition) is 0. The Bertz CT molecular complexity index is 1090. The van der Waals surface area contributed by atoms with Crippen LogP contribution in [0.15, 0.2) is 36.4 Å². The molecule has 0 nitrogen and oxygen atoms in total. The van der Waals surface area contributed by atoms with Crippen LogP contribution < -0.4 is 0 Å². The molecule has 0 saturated carbocycles. The summed E-state index contributed by atoms with van der Waals surface area (Å²) in [7, 11) is 0. The van der Waals surface area contributed by atoms with Crippen molar-refractivity contribution in [3.63, 3.8) is 0 Å². The van der Waals surface area contributed by atoms with Crippen LogP contribution in [0.5, 0.6) is 0 Å². The third kappa shape index (κ3) is 3.06. The second-order valence-electron chi connectivity index (χ2n) is 10.1. The van der Waals surface area contributed by atoms with E-state index in [4.69, 9.17) is 23.2 Å². The molecule has 0 aromatic heterocycles. The maximum Gasteiger partial charge on any atom is 0.0480 e. The van der Waals surface area contributed by atoms with Crippen molar-refractivity contribution >= 4 is 55.5 Å². The molecule has 0 fully saturated rings. The van der Waals surface area contributed by atoms with Crippen LogP contribution in [-0.2, 0) is 22.6 Å². The van der Waals surface area contributed by atoms with Gasteiger partial charge in [0.05, 0.1) is 0 Å². The van der Waals surface area contributed by atoms with Crippen molar-refractivity contribution < 1.29 is 0 Å². The van der Waals surface area contributed by atoms with E-state index in [9.17, 15) is 0 Å². The highest BCUT2D eigenvalue weighted by Crippen LogP contribution is 2.43. The highest BCUT2D eigenvalue weighted by molar-refractivity contribution is 6.28. The number of benzene rings is 4. The first kappa shape index (κ1) is 19.8. The van der Waals surface area contributed by atoms with E-state index in [1.54, 1.807) is 0 Å². The van der Waals surface area contributed by atoms with E-state index in [-0.39, 0.29) is 10.8 Å². The van der Waals surface area contributed by atoms with E-state index in [1.807, 2.05) is 0 Å². The molecule has 0 spiro atoms. The molecule has 0 heterocycles. The lowest BCUT2D eigenvalue weighted by atomic mass is 9.79. The maximum atomic E-state index is 6.43. The van der Waals surface area contributed by atoms with Gasteiger partial charge in [-0.15, -0.1) is 23.2 Å². The van der Waals surface area contributed by atoms with Gasteiger partial charge in [-0.2, -0.15) is 0 Å². The molecule has 0 aliphatic carbocycles. The maximum absolute atomic E-state index is 6.43. The second-order valence-corrected chi connectivity index (χ2v) is 10.6. The Hall–Kier alpha value is -1.50. The topological polar surface area (TPSA) is 0 Å². The van der Waals surface area contributed by atoms with Crippen LogP contribution >= 0.6 is 23.2 Å². The lowest BCUT2D eigenvalue weighted by molar-refractivity contribution is 0.591. The van der Waals surface area contributed by atoms with Crippen molar-refractivity contribution in [3.05, 3.63) is 58.7 Å². The number of rotatable bonds is 2. The average Bonchev–Trinajstić information content (AvgIpc) is 2.62. The predicted molar refractivity (Wildman–Crippen MR) is 127 cm³/mol. The molecule has 4 aromatic carbocycles. The Balaban J connectivity index is 2.27. The first-order chi connectivity index (χ1) is 13.0. The molecule has 0 N–H and O–H groups in total. The van der Waals surface area contributed by atoms with Crippen molar-refractivity contribution in [2.75, 3.05) is 0 Å². The van der Waals surface area contributed by atoms with E-state index in [1.165, 1.54) is 54.6 Å². The largest absolute Gasteiger partial charge is 0.122 e. The van der Waals surface area contributed by atoms with Crippen LogP contribution in [0.4, 0.5) is 0 Å². The van der Waals surface area contributed by atoms with Crippen LogP contribution in [0.2, 0.25) is 0 Å². The minimum Gasteiger partial charge on any atom is -0.122 e. The third-order valence-corrected chi connectivity index (χ3v) is 6.53. The lowest BCUT2D eigenvalue weighted by Crippen LogP contribution is -2.12. The smallest absolute Gasteiger partial charge is 0.0480 e. The van der Waals surface area contributed by atoms with Crippen LogP contribution in [0.25, 0.3) is 32.3 Å². The van der Waals surface area contributed by atoms with Crippen LogP contribution in [0, 0.1) is 0 Å². The Labute approximate surface area is 178 Å². The van der Waals surface area contributed by atoms with Gasteiger partial charge in [-0.3, -0.25) is 0 Å². The Kier molecular flexibility index (Phi) is 4.60. The Morgan fingerprint density at radius 3 is 1.21 bits per heavy atom. The molecule has 0 amide bonds. The average molecular weight is 411 g/mol. The zero-order valence-electron chi connectivity index (χ0n) is 17.6. The van der Waals surface area contributed by atoms with E-state index >= 15 is 0 Å². The summed E-state index contributed by atoms with van der Waals surface area (Å²) in [5.74, 6) is 1.03. The highest BCUT2D eigenvalue weighted by atomic mass is 35.5. The normalized spacial score (nSPS) is 13.3. The van der Waals surface area contributed by atoms with Gasteiger partial charge in [-0.25, -0.2) is 0 Å². The summed E-state index contributed by atoms with van der Waals surface area (Å²) in [5, 5.41) is 7.74. The van der Waals surface area contributed by atoms with E-state index in [2.05, 4.69) is 77.9 Å². The fourth-order valence-corrected chi connectivity index (χ4v) is 4.68. The molecule has 0 unspecified atom stereocenters. The molecule has 0 atom stereocenters. The van der Waals surface area contributed by atoms with Gasteiger partial charge in [-0.1, -0.05) is 65.8 Å². The number of alkyl halides is 2. The summed E-state index contributed by atoms with van der Waals surface area (Å²) in [4.78, 5) is 0. The zero-order chi connectivity index (χ0) is 20.4. The van der Waals surface area contributed by atoms with Crippen LogP contribution in [0.1, 0.15) is 63.8 Å². The standard InChI is InChI=1S/C26H28Cl2/c1-25(2,3)19-9-15-7-18(14-28)22-12-20(26(4,5)6)10-16-8-17(13-27)21(11-19)23(15)24(16)22/h7-12H,13-14H2,1-6H3. The molecule has 0 radical (unpaired) electrons. The molecule has 0 saturated heterocycles. The molecule has 146 valence electrons. The first-order valence-corrected chi connectivity index (χ1v) is 11.0. The summed E-state index contributed by atoms with van der Waals surface area (Å²) in [6.07, 6.45) is 0.